The second-order valence-corrected chi connectivity index (χ2v) is 6.85. The first-order valence-electron chi connectivity index (χ1n) is 9.52. The van der Waals surface area contributed by atoms with Gasteiger partial charge < -0.3 is 0 Å². The van der Waals surface area contributed by atoms with Crippen molar-refractivity contribution in [3.8, 4) is 11.3 Å². The Balaban J connectivity index is 2.05. The monoisotopic (exact) mass is 366 g/mol. The summed E-state index contributed by atoms with van der Waals surface area (Å²) >= 11 is 0. The van der Waals surface area contributed by atoms with Crippen LogP contribution in [-0.2, 0) is 6.42 Å². The first-order chi connectivity index (χ1) is 13.6. The second kappa shape index (κ2) is 8.62. The molecule has 0 unspecified atom stereocenters. The zero-order chi connectivity index (χ0) is 20.1. The first kappa shape index (κ1) is 19.5. The number of aryl methyl sites for hydroxylation is 1. The SMILES string of the molecule is C=C/C=C\C1=C(C)Cc2nc(-c3cccc(/C(C=C)=C/C=C\C)c3)c(C)nc21. The number of aromatic nitrogens is 2. The molecule has 0 radical (unpaired) electrons. The molecule has 140 valence electrons. The minimum absolute atomic E-state index is 0.839. The summed E-state index contributed by atoms with van der Waals surface area (Å²) in [5.74, 6) is 0. The highest BCUT2D eigenvalue weighted by molar-refractivity contribution is 5.82. The van der Waals surface area contributed by atoms with Crippen molar-refractivity contribution in [2.45, 2.75) is 27.2 Å². The lowest BCUT2D eigenvalue weighted by atomic mass is 10.00. The Morgan fingerprint density at radius 2 is 1.89 bits per heavy atom. The molecular weight excluding hydrogens is 340 g/mol. The van der Waals surface area contributed by atoms with Crippen LogP contribution in [0.25, 0.3) is 22.4 Å². The van der Waals surface area contributed by atoms with Gasteiger partial charge in [0.25, 0.3) is 0 Å². The van der Waals surface area contributed by atoms with Crippen LogP contribution in [0.5, 0.6) is 0 Å². The predicted molar refractivity (Wildman–Crippen MR) is 121 cm³/mol. The molecule has 2 nitrogen and oxygen atoms in total. The third-order valence-electron chi connectivity index (χ3n) is 4.85. The molecule has 1 aliphatic carbocycles. The molecule has 0 N–H and O–H groups in total. The Hall–Kier alpha value is -3.26. The minimum Gasteiger partial charge on any atom is -0.249 e. The minimum atomic E-state index is 0.839. The van der Waals surface area contributed by atoms with Crippen LogP contribution in [0.3, 0.4) is 0 Å². The maximum absolute atomic E-state index is 5.00. The van der Waals surface area contributed by atoms with Gasteiger partial charge in [0.2, 0.25) is 0 Å². The fraction of sp³-hybridized carbons (Fsp3) is 0.154. The van der Waals surface area contributed by atoms with E-state index in [1.807, 2.05) is 38.2 Å². The van der Waals surface area contributed by atoms with Crippen molar-refractivity contribution >= 4 is 11.1 Å². The third kappa shape index (κ3) is 3.86. The summed E-state index contributed by atoms with van der Waals surface area (Å²) in [5, 5.41) is 0. The second-order valence-electron chi connectivity index (χ2n) is 6.85. The summed E-state index contributed by atoms with van der Waals surface area (Å²) in [5.41, 5.74) is 9.65. The highest BCUT2D eigenvalue weighted by Crippen LogP contribution is 2.34. The Bertz CT molecular complexity index is 1050. The molecule has 0 saturated heterocycles. The average Bonchev–Trinajstić information content (AvgIpc) is 3.00. The molecule has 3 rings (SSSR count). The van der Waals surface area contributed by atoms with Gasteiger partial charge in [-0.15, -0.1) is 0 Å². The highest BCUT2D eigenvalue weighted by atomic mass is 14.9. The number of allylic oxidation sites excluding steroid dienone is 10. The molecule has 0 bridgehead atoms. The molecule has 0 saturated carbocycles. The van der Waals surface area contributed by atoms with Gasteiger partial charge in [0.05, 0.1) is 22.8 Å². The fourth-order valence-corrected chi connectivity index (χ4v) is 3.43. The standard InChI is InChI=1S/C26H26N2/c1-6-9-12-20(8-3)21-13-11-14-22(17-21)25-19(5)27-26-23(15-10-7-2)18(4)16-24(26)28-25/h6-15,17H,2-3,16H2,1,4-5H3/b9-6-,15-10-,20-12+. The molecule has 2 aromatic rings. The number of rotatable bonds is 6. The number of hydrogen-bond donors (Lipinski definition) is 0. The number of benzene rings is 1. The zero-order valence-electron chi connectivity index (χ0n) is 16.9. The molecule has 0 spiro atoms. The van der Waals surface area contributed by atoms with Crippen LogP contribution in [0.15, 0.2) is 85.5 Å². The van der Waals surface area contributed by atoms with E-state index in [4.69, 9.17) is 9.97 Å². The Morgan fingerprint density at radius 3 is 2.61 bits per heavy atom. The number of nitrogens with zero attached hydrogens (tertiary/aromatic N) is 2. The van der Waals surface area contributed by atoms with E-state index >= 15 is 0 Å². The molecule has 1 heterocycles. The normalized spacial score (nSPS) is 14.2. The van der Waals surface area contributed by atoms with Gasteiger partial charge in [0.15, 0.2) is 0 Å². The maximum atomic E-state index is 5.00. The Labute approximate surface area is 168 Å². The van der Waals surface area contributed by atoms with Crippen LogP contribution >= 0.6 is 0 Å². The van der Waals surface area contributed by atoms with Crippen LogP contribution in [0.1, 0.15) is 36.5 Å². The Morgan fingerprint density at radius 1 is 1.07 bits per heavy atom. The highest BCUT2D eigenvalue weighted by Gasteiger charge is 2.22. The van der Waals surface area contributed by atoms with Gasteiger partial charge in [-0.1, -0.05) is 79.5 Å². The molecule has 1 aliphatic rings. The van der Waals surface area contributed by atoms with Crippen LogP contribution in [-0.4, -0.2) is 9.97 Å². The lowest BCUT2D eigenvalue weighted by Crippen LogP contribution is -2.01. The van der Waals surface area contributed by atoms with E-state index in [0.717, 1.165) is 51.5 Å². The summed E-state index contributed by atoms with van der Waals surface area (Å²) in [6, 6.07) is 8.42. The smallest absolute Gasteiger partial charge is 0.0923 e. The summed E-state index contributed by atoms with van der Waals surface area (Å²) in [7, 11) is 0. The summed E-state index contributed by atoms with van der Waals surface area (Å²) in [6.45, 7) is 13.9. The van der Waals surface area contributed by atoms with Crippen LogP contribution < -0.4 is 0 Å². The fourth-order valence-electron chi connectivity index (χ4n) is 3.43. The van der Waals surface area contributed by atoms with Crippen molar-refractivity contribution in [2.75, 3.05) is 0 Å². The van der Waals surface area contributed by atoms with Gasteiger partial charge in [-0.05, 0) is 38.0 Å². The molecule has 0 atom stereocenters. The van der Waals surface area contributed by atoms with Gasteiger partial charge in [-0.25, -0.2) is 9.97 Å². The third-order valence-corrected chi connectivity index (χ3v) is 4.85. The molecule has 1 aromatic heterocycles. The summed E-state index contributed by atoms with van der Waals surface area (Å²) in [6.07, 6.45) is 14.6. The molecule has 0 amide bonds. The predicted octanol–water partition coefficient (Wildman–Crippen LogP) is 6.67. The van der Waals surface area contributed by atoms with Crippen LogP contribution in [0, 0.1) is 6.92 Å². The van der Waals surface area contributed by atoms with Crippen molar-refractivity contribution in [3.05, 3.63) is 108 Å². The van der Waals surface area contributed by atoms with Crippen LogP contribution in [0.4, 0.5) is 0 Å². The average molecular weight is 367 g/mol. The van der Waals surface area contributed by atoms with Gasteiger partial charge in [0, 0.05) is 17.6 Å². The molecule has 28 heavy (non-hydrogen) atoms. The van der Waals surface area contributed by atoms with E-state index in [0.29, 0.717) is 0 Å². The molecule has 0 aliphatic heterocycles. The van der Waals surface area contributed by atoms with E-state index in [-0.39, 0.29) is 0 Å². The molecular formula is C26H26N2. The summed E-state index contributed by atoms with van der Waals surface area (Å²) in [4.78, 5) is 9.90. The van der Waals surface area contributed by atoms with E-state index in [9.17, 15) is 0 Å². The van der Waals surface area contributed by atoms with E-state index in [1.165, 1.54) is 5.57 Å². The van der Waals surface area contributed by atoms with Gasteiger partial charge in [-0.3, -0.25) is 0 Å². The maximum Gasteiger partial charge on any atom is 0.0923 e. The van der Waals surface area contributed by atoms with Crippen molar-refractivity contribution < 1.29 is 0 Å². The van der Waals surface area contributed by atoms with Gasteiger partial charge >= 0.3 is 0 Å². The number of hydrogen-bond acceptors (Lipinski definition) is 2. The van der Waals surface area contributed by atoms with E-state index in [1.54, 1.807) is 6.08 Å². The first-order valence-corrected chi connectivity index (χ1v) is 9.52. The van der Waals surface area contributed by atoms with Crippen molar-refractivity contribution in [1.82, 2.24) is 9.97 Å². The quantitative estimate of drug-likeness (QED) is 0.534. The summed E-state index contributed by atoms with van der Waals surface area (Å²) < 4.78 is 0. The van der Waals surface area contributed by atoms with E-state index in [2.05, 4.69) is 56.5 Å². The number of fused-ring (bicyclic) bond motifs is 1. The molecule has 2 heteroatoms. The Kier molecular flexibility index (Phi) is 6.00. The molecule has 0 fully saturated rings. The van der Waals surface area contributed by atoms with Crippen molar-refractivity contribution in [2.24, 2.45) is 0 Å². The van der Waals surface area contributed by atoms with Crippen LogP contribution in [0.2, 0.25) is 0 Å². The topological polar surface area (TPSA) is 25.8 Å². The van der Waals surface area contributed by atoms with Crippen molar-refractivity contribution in [1.29, 1.82) is 0 Å². The lowest BCUT2D eigenvalue weighted by molar-refractivity contribution is 1.02. The van der Waals surface area contributed by atoms with E-state index < -0.39 is 0 Å². The van der Waals surface area contributed by atoms with Gasteiger partial charge in [0.1, 0.15) is 0 Å². The largest absolute Gasteiger partial charge is 0.249 e. The van der Waals surface area contributed by atoms with Crippen molar-refractivity contribution in [3.63, 3.8) is 0 Å². The lowest BCUT2D eigenvalue weighted by Gasteiger charge is -2.11. The zero-order valence-corrected chi connectivity index (χ0v) is 16.9. The van der Waals surface area contributed by atoms with Gasteiger partial charge in [-0.2, -0.15) is 0 Å². The molecule has 1 aromatic carbocycles.